The normalized spacial score (nSPS) is 11.6. The van der Waals surface area contributed by atoms with Crippen LogP contribution in [0, 0.1) is 6.92 Å². The summed E-state index contributed by atoms with van der Waals surface area (Å²) in [4.78, 5) is 28.7. The van der Waals surface area contributed by atoms with Crippen molar-refractivity contribution in [2.75, 3.05) is 0 Å². The van der Waals surface area contributed by atoms with E-state index in [9.17, 15) is 9.59 Å². The van der Waals surface area contributed by atoms with Crippen molar-refractivity contribution in [3.8, 4) is 0 Å². The molecule has 0 atom stereocenters. The first-order chi connectivity index (χ1) is 10.6. The number of hydrogen-bond donors (Lipinski definition) is 3. The van der Waals surface area contributed by atoms with Gasteiger partial charge in [0, 0.05) is 5.69 Å². The molecule has 2 aromatic rings. The van der Waals surface area contributed by atoms with E-state index in [1.54, 1.807) is 19.1 Å². The predicted molar refractivity (Wildman–Crippen MR) is 83.0 cm³/mol. The van der Waals surface area contributed by atoms with E-state index in [0.29, 0.717) is 23.5 Å². The van der Waals surface area contributed by atoms with Crippen molar-refractivity contribution < 1.29 is 9.21 Å². The van der Waals surface area contributed by atoms with Crippen molar-refractivity contribution in [1.29, 1.82) is 0 Å². The molecular formula is C15H20N4O3. The number of furan rings is 1. The first-order valence-corrected chi connectivity index (χ1v) is 7.31. The molecule has 0 spiro atoms. The molecule has 7 heteroatoms. The minimum Gasteiger partial charge on any atom is -0.459 e. The van der Waals surface area contributed by atoms with Gasteiger partial charge in [-0.05, 0) is 31.9 Å². The molecule has 22 heavy (non-hydrogen) atoms. The van der Waals surface area contributed by atoms with Gasteiger partial charge in [-0.25, -0.2) is 10.2 Å². The van der Waals surface area contributed by atoms with Crippen LogP contribution >= 0.6 is 0 Å². The molecule has 0 aliphatic carbocycles. The van der Waals surface area contributed by atoms with Crippen LogP contribution in [-0.2, 0) is 0 Å². The molecule has 0 unspecified atom stereocenters. The number of carbonyl (C=O) groups is 1. The molecule has 1 amide bonds. The van der Waals surface area contributed by atoms with Gasteiger partial charge < -0.3 is 14.4 Å². The van der Waals surface area contributed by atoms with Gasteiger partial charge in [-0.3, -0.25) is 4.79 Å². The number of hydrazone groups is 1. The lowest BCUT2D eigenvalue weighted by atomic mass is 10.1. The molecule has 2 heterocycles. The number of unbranched alkanes of at least 4 members (excludes halogenated alkanes) is 2. The monoisotopic (exact) mass is 304 g/mol. The summed E-state index contributed by atoms with van der Waals surface area (Å²) in [5.41, 5.74) is 4.15. The maximum atomic E-state index is 11.9. The van der Waals surface area contributed by atoms with Crippen LogP contribution in [0.25, 0.3) is 0 Å². The molecule has 0 fully saturated rings. The zero-order valence-electron chi connectivity index (χ0n) is 12.7. The van der Waals surface area contributed by atoms with E-state index in [2.05, 4.69) is 27.4 Å². The first-order valence-electron chi connectivity index (χ1n) is 7.31. The number of hydrogen-bond acceptors (Lipinski definition) is 4. The molecule has 0 saturated heterocycles. The maximum Gasteiger partial charge on any atom is 0.323 e. The van der Waals surface area contributed by atoms with E-state index in [-0.39, 0.29) is 11.4 Å². The van der Waals surface area contributed by atoms with Crippen LogP contribution < -0.4 is 11.1 Å². The molecule has 0 saturated carbocycles. The molecule has 7 nitrogen and oxygen atoms in total. The summed E-state index contributed by atoms with van der Waals surface area (Å²) in [5.74, 6) is -0.232. The van der Waals surface area contributed by atoms with E-state index in [1.807, 2.05) is 0 Å². The van der Waals surface area contributed by atoms with E-state index in [4.69, 9.17) is 4.42 Å². The van der Waals surface area contributed by atoms with Crippen LogP contribution in [0.1, 0.15) is 54.5 Å². The average molecular weight is 304 g/mol. The molecule has 0 aliphatic heterocycles. The molecule has 2 aromatic heterocycles. The average Bonchev–Trinajstić information content (AvgIpc) is 3.12. The van der Waals surface area contributed by atoms with Crippen molar-refractivity contribution in [3.05, 3.63) is 46.0 Å². The van der Waals surface area contributed by atoms with Crippen molar-refractivity contribution in [3.63, 3.8) is 0 Å². The van der Waals surface area contributed by atoms with Gasteiger partial charge >= 0.3 is 11.6 Å². The van der Waals surface area contributed by atoms with Gasteiger partial charge in [0.1, 0.15) is 0 Å². The van der Waals surface area contributed by atoms with Gasteiger partial charge in [-0.2, -0.15) is 5.10 Å². The number of aryl methyl sites for hydroxylation is 1. The van der Waals surface area contributed by atoms with Crippen LogP contribution in [0.4, 0.5) is 0 Å². The number of amides is 1. The summed E-state index contributed by atoms with van der Waals surface area (Å²) < 4.78 is 5.01. The van der Waals surface area contributed by atoms with Gasteiger partial charge in [0.05, 0.1) is 17.7 Å². The maximum absolute atomic E-state index is 11.9. The number of aromatic nitrogens is 2. The van der Waals surface area contributed by atoms with Crippen molar-refractivity contribution >= 4 is 11.6 Å². The van der Waals surface area contributed by atoms with Crippen LogP contribution in [-0.4, -0.2) is 21.6 Å². The third kappa shape index (κ3) is 3.97. The minimum absolute atomic E-state index is 0.191. The number of H-pyrrole nitrogens is 2. The fraction of sp³-hybridized carbons (Fsp3) is 0.400. The van der Waals surface area contributed by atoms with E-state index >= 15 is 0 Å². The van der Waals surface area contributed by atoms with Crippen molar-refractivity contribution in [1.82, 2.24) is 15.4 Å². The minimum atomic E-state index is -0.423. The van der Waals surface area contributed by atoms with Gasteiger partial charge in [-0.15, -0.1) is 0 Å². The predicted octanol–water partition coefficient (Wildman–Crippen LogP) is 2.32. The van der Waals surface area contributed by atoms with Gasteiger partial charge in [0.15, 0.2) is 5.76 Å². The Hall–Kier alpha value is -2.57. The summed E-state index contributed by atoms with van der Waals surface area (Å²) in [6, 6.07) is 3.19. The Bertz CT molecular complexity index is 695. The first kappa shape index (κ1) is 15.8. The third-order valence-corrected chi connectivity index (χ3v) is 3.26. The number of nitrogens with one attached hydrogen (secondary N) is 3. The van der Waals surface area contributed by atoms with Gasteiger partial charge in [0.25, 0.3) is 0 Å². The summed E-state index contributed by atoms with van der Waals surface area (Å²) in [6.45, 7) is 3.90. The third-order valence-electron chi connectivity index (χ3n) is 3.26. The zero-order chi connectivity index (χ0) is 15.9. The largest absolute Gasteiger partial charge is 0.459 e. The zero-order valence-corrected chi connectivity index (χ0v) is 12.7. The molecule has 118 valence electrons. The molecule has 2 rings (SSSR count). The highest BCUT2D eigenvalue weighted by Crippen LogP contribution is 2.09. The number of aromatic amines is 2. The Kier molecular flexibility index (Phi) is 5.35. The molecule has 0 bridgehead atoms. The second-order valence-electron chi connectivity index (χ2n) is 5.01. The Morgan fingerprint density at radius 1 is 1.36 bits per heavy atom. The second-order valence-corrected chi connectivity index (χ2v) is 5.01. The Labute approximate surface area is 127 Å². The van der Waals surface area contributed by atoms with E-state index in [0.717, 1.165) is 19.3 Å². The Morgan fingerprint density at radius 2 is 2.18 bits per heavy atom. The van der Waals surface area contributed by atoms with E-state index < -0.39 is 5.91 Å². The Balaban J connectivity index is 2.16. The topological polar surface area (TPSA) is 103 Å². The summed E-state index contributed by atoms with van der Waals surface area (Å²) >= 11 is 0. The van der Waals surface area contributed by atoms with Crippen LogP contribution in [0.2, 0.25) is 0 Å². The number of imidazole rings is 1. The lowest BCUT2D eigenvalue weighted by Crippen LogP contribution is -2.20. The summed E-state index contributed by atoms with van der Waals surface area (Å²) in [6.07, 6.45) is 5.15. The summed E-state index contributed by atoms with van der Waals surface area (Å²) in [5, 5.41) is 4.16. The number of carbonyl (C=O) groups excluding carboxylic acids is 1. The number of rotatable bonds is 7. The molecule has 0 radical (unpaired) electrons. The fourth-order valence-electron chi connectivity index (χ4n) is 2.12. The van der Waals surface area contributed by atoms with Crippen molar-refractivity contribution in [2.24, 2.45) is 5.10 Å². The molecule has 0 aliphatic rings. The molecule has 3 N–H and O–H groups in total. The molecule has 0 aromatic carbocycles. The van der Waals surface area contributed by atoms with E-state index in [1.165, 1.54) is 6.26 Å². The highest BCUT2D eigenvalue weighted by Gasteiger charge is 2.13. The lowest BCUT2D eigenvalue weighted by molar-refractivity contribution is 0.0927. The quantitative estimate of drug-likeness (QED) is 0.415. The standard InChI is InChI=1S/C15H20N4O3/c1-3-4-5-7-11(13-10(2)16-15(21)17-13)18-19-14(20)12-8-6-9-22-12/h6,8-9H,3-5,7H2,1-2H3,(H,19,20)(H2,16,17,21)/b18-11+. The highest BCUT2D eigenvalue weighted by molar-refractivity contribution is 6.01. The Morgan fingerprint density at radius 3 is 2.77 bits per heavy atom. The fourth-order valence-corrected chi connectivity index (χ4v) is 2.12. The molecular weight excluding hydrogens is 284 g/mol. The smallest absolute Gasteiger partial charge is 0.323 e. The second kappa shape index (κ2) is 7.44. The van der Waals surface area contributed by atoms with Crippen LogP contribution in [0.15, 0.2) is 32.7 Å². The SMILES string of the molecule is CCCCC/C(=N\NC(=O)c1ccco1)c1[nH]c(=O)[nH]c1C. The van der Waals surface area contributed by atoms with Crippen LogP contribution in [0.5, 0.6) is 0 Å². The van der Waals surface area contributed by atoms with Crippen LogP contribution in [0.3, 0.4) is 0 Å². The lowest BCUT2D eigenvalue weighted by Gasteiger charge is -2.06. The summed E-state index contributed by atoms with van der Waals surface area (Å²) in [7, 11) is 0. The van der Waals surface area contributed by atoms with Gasteiger partial charge in [0.2, 0.25) is 0 Å². The van der Waals surface area contributed by atoms with Gasteiger partial charge in [-0.1, -0.05) is 19.8 Å². The highest BCUT2D eigenvalue weighted by atomic mass is 16.3. The number of nitrogens with zero attached hydrogens (tertiary/aromatic N) is 1. The van der Waals surface area contributed by atoms with Crippen molar-refractivity contribution in [2.45, 2.75) is 39.5 Å².